The summed E-state index contributed by atoms with van der Waals surface area (Å²) in [5, 5.41) is 0. The Morgan fingerprint density at radius 2 is 2.11 bits per heavy atom. The van der Waals surface area contributed by atoms with Gasteiger partial charge in [-0.25, -0.2) is 4.39 Å². The molecule has 2 rings (SSSR count). The molecule has 0 saturated carbocycles. The van der Waals surface area contributed by atoms with Gasteiger partial charge in [-0.15, -0.1) is 0 Å². The van der Waals surface area contributed by atoms with Gasteiger partial charge in [-0.2, -0.15) is 0 Å². The van der Waals surface area contributed by atoms with E-state index in [1.54, 1.807) is 4.90 Å². The Hall–Kier alpha value is -1.46. The number of halogens is 1. The van der Waals surface area contributed by atoms with Crippen molar-refractivity contribution < 1.29 is 13.9 Å². The lowest BCUT2D eigenvalue weighted by molar-refractivity contribution is -0.0625. The predicted octanol–water partition coefficient (Wildman–Crippen LogP) is 1.01. The van der Waals surface area contributed by atoms with Crippen molar-refractivity contribution in [1.29, 1.82) is 0 Å². The van der Waals surface area contributed by atoms with Gasteiger partial charge in [-0.1, -0.05) is 0 Å². The van der Waals surface area contributed by atoms with E-state index in [0.29, 0.717) is 25.2 Å². The summed E-state index contributed by atoms with van der Waals surface area (Å²) in [5.74, 6) is -0.453. The topological polar surface area (TPSA) is 55.6 Å². The van der Waals surface area contributed by atoms with Crippen LogP contribution < -0.4 is 5.73 Å². The van der Waals surface area contributed by atoms with Crippen LogP contribution in [-0.4, -0.2) is 42.6 Å². The molecule has 0 radical (unpaired) electrons. The Kier molecular flexibility index (Phi) is 3.93. The zero-order valence-electron chi connectivity index (χ0n) is 10.3. The molecular weight excluding hydrogens is 235 g/mol. The summed E-state index contributed by atoms with van der Waals surface area (Å²) in [6.07, 6.45) is -0.158. The van der Waals surface area contributed by atoms with Crippen LogP contribution >= 0.6 is 0 Å². The molecule has 98 valence electrons. The Balaban J connectivity index is 2.10. The molecule has 0 spiro atoms. The highest BCUT2D eigenvalue weighted by Gasteiger charge is 2.28. The molecule has 2 unspecified atom stereocenters. The van der Waals surface area contributed by atoms with Gasteiger partial charge < -0.3 is 15.4 Å². The summed E-state index contributed by atoms with van der Waals surface area (Å²) >= 11 is 0. The fourth-order valence-electron chi connectivity index (χ4n) is 2.12. The number of rotatable bonds is 2. The molecule has 1 aliphatic rings. The molecule has 0 bridgehead atoms. The second-order valence-corrected chi connectivity index (χ2v) is 4.52. The van der Waals surface area contributed by atoms with Gasteiger partial charge in [0.15, 0.2) is 0 Å². The van der Waals surface area contributed by atoms with Crippen LogP contribution in [0, 0.1) is 5.82 Å². The molecule has 1 aromatic rings. The van der Waals surface area contributed by atoms with E-state index in [1.807, 2.05) is 6.92 Å². The average molecular weight is 252 g/mol. The number of nitrogens with zero attached hydrogens (tertiary/aromatic N) is 1. The summed E-state index contributed by atoms with van der Waals surface area (Å²) < 4.78 is 18.4. The lowest BCUT2D eigenvalue weighted by atomic mass is 10.1. The summed E-state index contributed by atoms with van der Waals surface area (Å²) in [4.78, 5) is 13.9. The maximum atomic E-state index is 12.8. The Bertz CT molecular complexity index is 422. The number of ether oxygens (including phenoxy) is 1. The molecule has 0 aliphatic carbocycles. The zero-order chi connectivity index (χ0) is 13.1. The van der Waals surface area contributed by atoms with E-state index in [4.69, 9.17) is 10.5 Å². The number of hydrogen-bond donors (Lipinski definition) is 1. The molecular formula is C13H17FN2O2. The Labute approximate surface area is 106 Å². The summed E-state index contributed by atoms with van der Waals surface area (Å²) in [7, 11) is 0. The van der Waals surface area contributed by atoms with Crippen LogP contribution in [-0.2, 0) is 4.74 Å². The van der Waals surface area contributed by atoms with E-state index in [2.05, 4.69) is 0 Å². The molecule has 4 nitrogen and oxygen atoms in total. The van der Waals surface area contributed by atoms with Crippen LogP contribution in [0.3, 0.4) is 0 Å². The summed E-state index contributed by atoms with van der Waals surface area (Å²) in [6.45, 7) is 3.31. The van der Waals surface area contributed by atoms with Gasteiger partial charge in [0.25, 0.3) is 5.91 Å². The van der Waals surface area contributed by atoms with Gasteiger partial charge >= 0.3 is 0 Å². The van der Waals surface area contributed by atoms with Crippen LogP contribution in [0.25, 0.3) is 0 Å². The van der Waals surface area contributed by atoms with Crippen LogP contribution in [0.4, 0.5) is 4.39 Å². The second kappa shape index (κ2) is 5.46. The molecule has 1 aliphatic heterocycles. The number of carbonyl (C=O) groups excluding carboxylic acids is 1. The van der Waals surface area contributed by atoms with Gasteiger partial charge in [0.1, 0.15) is 5.82 Å². The number of carbonyl (C=O) groups is 1. The average Bonchev–Trinajstić information content (AvgIpc) is 2.38. The first-order valence-electron chi connectivity index (χ1n) is 6.00. The molecule has 5 heteroatoms. The molecule has 2 N–H and O–H groups in total. The molecule has 18 heavy (non-hydrogen) atoms. The first-order chi connectivity index (χ1) is 8.60. The van der Waals surface area contributed by atoms with Crippen molar-refractivity contribution in [3.8, 4) is 0 Å². The minimum atomic E-state index is -0.346. The molecule has 0 aromatic heterocycles. The van der Waals surface area contributed by atoms with E-state index in [0.717, 1.165) is 0 Å². The monoisotopic (exact) mass is 252 g/mol. The van der Waals surface area contributed by atoms with Crippen molar-refractivity contribution in [1.82, 2.24) is 4.90 Å². The number of amides is 1. The number of nitrogens with two attached hydrogens (primary N) is 1. The number of benzene rings is 1. The zero-order valence-corrected chi connectivity index (χ0v) is 10.3. The molecule has 1 saturated heterocycles. The summed E-state index contributed by atoms with van der Waals surface area (Å²) in [6, 6.07) is 5.57. The van der Waals surface area contributed by atoms with Gasteiger partial charge in [0.05, 0.1) is 12.2 Å². The van der Waals surface area contributed by atoms with Crippen molar-refractivity contribution in [2.75, 3.05) is 19.6 Å². The molecule has 2 atom stereocenters. The van der Waals surface area contributed by atoms with E-state index in [9.17, 15) is 9.18 Å². The predicted molar refractivity (Wildman–Crippen MR) is 65.7 cm³/mol. The maximum absolute atomic E-state index is 12.8. The van der Waals surface area contributed by atoms with Crippen molar-refractivity contribution in [3.63, 3.8) is 0 Å². The minimum absolute atomic E-state index is 0.0308. The van der Waals surface area contributed by atoms with Crippen molar-refractivity contribution in [2.24, 2.45) is 5.73 Å². The van der Waals surface area contributed by atoms with Gasteiger partial charge in [-0.3, -0.25) is 4.79 Å². The molecule has 1 fully saturated rings. The number of hydrogen-bond acceptors (Lipinski definition) is 3. The van der Waals surface area contributed by atoms with Crippen LogP contribution in [0.1, 0.15) is 17.3 Å². The quantitative estimate of drug-likeness (QED) is 0.854. The van der Waals surface area contributed by atoms with Crippen molar-refractivity contribution in [2.45, 2.75) is 19.1 Å². The number of morpholine rings is 1. The van der Waals surface area contributed by atoms with Crippen LogP contribution in [0.2, 0.25) is 0 Å². The third-order valence-electron chi connectivity index (χ3n) is 2.97. The first kappa shape index (κ1) is 13.0. The lowest BCUT2D eigenvalue weighted by Gasteiger charge is -2.36. The third kappa shape index (κ3) is 2.86. The first-order valence-corrected chi connectivity index (χ1v) is 6.00. The second-order valence-electron chi connectivity index (χ2n) is 4.52. The minimum Gasteiger partial charge on any atom is -0.370 e. The fraction of sp³-hybridized carbons (Fsp3) is 0.462. The maximum Gasteiger partial charge on any atom is 0.254 e. The molecule has 1 heterocycles. The van der Waals surface area contributed by atoms with Gasteiger partial charge in [0.2, 0.25) is 0 Å². The van der Waals surface area contributed by atoms with Crippen molar-refractivity contribution >= 4 is 5.91 Å². The van der Waals surface area contributed by atoms with Crippen molar-refractivity contribution in [3.05, 3.63) is 35.6 Å². The molecule has 1 aromatic carbocycles. The van der Waals surface area contributed by atoms with Gasteiger partial charge in [0, 0.05) is 25.2 Å². The van der Waals surface area contributed by atoms with Crippen LogP contribution in [0.15, 0.2) is 24.3 Å². The van der Waals surface area contributed by atoms with Gasteiger partial charge in [-0.05, 0) is 31.2 Å². The molecule has 1 amide bonds. The third-order valence-corrected chi connectivity index (χ3v) is 2.97. The van der Waals surface area contributed by atoms with E-state index >= 15 is 0 Å². The van der Waals surface area contributed by atoms with E-state index in [-0.39, 0.29) is 23.9 Å². The Morgan fingerprint density at radius 1 is 1.44 bits per heavy atom. The fourth-order valence-corrected chi connectivity index (χ4v) is 2.12. The van der Waals surface area contributed by atoms with E-state index < -0.39 is 0 Å². The lowest BCUT2D eigenvalue weighted by Crippen LogP contribution is -2.51. The summed E-state index contributed by atoms with van der Waals surface area (Å²) in [5.41, 5.74) is 6.06. The largest absolute Gasteiger partial charge is 0.370 e. The highest BCUT2D eigenvalue weighted by molar-refractivity contribution is 5.94. The SMILES string of the molecule is CC1CN(C(=O)c2ccc(F)cc2)CC(CN)O1. The highest BCUT2D eigenvalue weighted by Crippen LogP contribution is 2.14. The Morgan fingerprint density at radius 3 is 2.72 bits per heavy atom. The van der Waals surface area contributed by atoms with Crippen LogP contribution in [0.5, 0.6) is 0 Å². The normalized spacial score (nSPS) is 24.1. The standard InChI is InChI=1S/C13H17FN2O2/c1-9-7-16(8-12(6-15)18-9)13(17)10-2-4-11(14)5-3-10/h2-5,9,12H,6-8,15H2,1H3. The van der Waals surface area contributed by atoms with E-state index in [1.165, 1.54) is 24.3 Å². The smallest absolute Gasteiger partial charge is 0.254 e. The highest BCUT2D eigenvalue weighted by atomic mass is 19.1.